The lowest BCUT2D eigenvalue weighted by molar-refractivity contribution is 0.183. The summed E-state index contributed by atoms with van der Waals surface area (Å²) < 4.78 is 13.2. The number of piperidine rings is 1. The highest BCUT2D eigenvalue weighted by Crippen LogP contribution is 2.15. The van der Waals surface area contributed by atoms with Crippen LogP contribution >= 0.6 is 0 Å². The van der Waals surface area contributed by atoms with Crippen LogP contribution in [-0.4, -0.2) is 43.6 Å². The number of halogens is 1. The SMILES string of the molecule is CCNC(=NCc1cccc(F)c1)NCC1CCCN(CC)C1. The Morgan fingerprint density at radius 1 is 1.35 bits per heavy atom. The van der Waals surface area contributed by atoms with Gasteiger partial charge in [0.1, 0.15) is 5.82 Å². The molecule has 0 spiro atoms. The van der Waals surface area contributed by atoms with Crippen LogP contribution in [0.2, 0.25) is 0 Å². The fraction of sp³-hybridized carbons (Fsp3) is 0.611. The third kappa shape index (κ3) is 6.18. The van der Waals surface area contributed by atoms with Crippen molar-refractivity contribution in [3.8, 4) is 0 Å². The van der Waals surface area contributed by atoms with Crippen molar-refractivity contribution in [3.63, 3.8) is 0 Å². The van der Waals surface area contributed by atoms with Crippen LogP contribution in [0, 0.1) is 11.7 Å². The fourth-order valence-corrected chi connectivity index (χ4v) is 2.99. The van der Waals surface area contributed by atoms with Gasteiger partial charge in [0, 0.05) is 19.6 Å². The molecule has 1 heterocycles. The standard InChI is InChI=1S/C18H29FN4/c1-3-20-18(21-12-15-7-5-9-17(19)11-15)22-13-16-8-6-10-23(4-2)14-16/h5,7,9,11,16H,3-4,6,8,10,12-14H2,1-2H3,(H2,20,21,22). The number of aliphatic imine (C=N–C) groups is 1. The molecule has 0 radical (unpaired) electrons. The highest BCUT2D eigenvalue weighted by molar-refractivity contribution is 5.79. The average molecular weight is 320 g/mol. The van der Waals surface area contributed by atoms with E-state index < -0.39 is 0 Å². The molecule has 0 aliphatic carbocycles. The molecule has 128 valence electrons. The Kier molecular flexibility index (Phi) is 7.33. The Bertz CT molecular complexity index is 504. The van der Waals surface area contributed by atoms with Crippen molar-refractivity contribution >= 4 is 5.96 Å². The first-order valence-corrected chi connectivity index (χ1v) is 8.70. The minimum absolute atomic E-state index is 0.211. The molecular weight excluding hydrogens is 291 g/mol. The van der Waals surface area contributed by atoms with Gasteiger partial charge in [0.2, 0.25) is 0 Å². The van der Waals surface area contributed by atoms with E-state index in [-0.39, 0.29) is 5.82 Å². The van der Waals surface area contributed by atoms with Crippen LogP contribution in [-0.2, 0) is 6.54 Å². The molecule has 0 amide bonds. The van der Waals surface area contributed by atoms with Crippen LogP contribution < -0.4 is 10.6 Å². The third-order valence-electron chi connectivity index (χ3n) is 4.26. The Hall–Kier alpha value is -1.62. The van der Waals surface area contributed by atoms with E-state index in [4.69, 9.17) is 0 Å². The van der Waals surface area contributed by atoms with Gasteiger partial charge >= 0.3 is 0 Å². The smallest absolute Gasteiger partial charge is 0.191 e. The molecular formula is C18H29FN4. The van der Waals surface area contributed by atoms with Gasteiger partial charge in [-0.25, -0.2) is 9.38 Å². The predicted molar refractivity (Wildman–Crippen MR) is 94.1 cm³/mol. The molecule has 1 aliphatic rings. The molecule has 4 nitrogen and oxygen atoms in total. The Morgan fingerprint density at radius 2 is 2.22 bits per heavy atom. The highest BCUT2D eigenvalue weighted by atomic mass is 19.1. The van der Waals surface area contributed by atoms with E-state index in [2.05, 4.69) is 34.4 Å². The van der Waals surface area contributed by atoms with E-state index in [0.717, 1.165) is 37.7 Å². The zero-order chi connectivity index (χ0) is 16.5. The molecule has 23 heavy (non-hydrogen) atoms. The maximum absolute atomic E-state index is 13.2. The van der Waals surface area contributed by atoms with E-state index in [1.807, 2.05) is 6.07 Å². The Balaban J connectivity index is 1.86. The molecule has 1 aromatic rings. The van der Waals surface area contributed by atoms with E-state index in [1.54, 1.807) is 6.07 Å². The second kappa shape index (κ2) is 9.50. The van der Waals surface area contributed by atoms with Gasteiger partial charge in [-0.2, -0.15) is 0 Å². The zero-order valence-corrected chi connectivity index (χ0v) is 14.3. The van der Waals surface area contributed by atoms with Gasteiger partial charge in [0.25, 0.3) is 0 Å². The van der Waals surface area contributed by atoms with E-state index in [9.17, 15) is 4.39 Å². The van der Waals surface area contributed by atoms with Crippen molar-refractivity contribution in [1.29, 1.82) is 0 Å². The van der Waals surface area contributed by atoms with Gasteiger partial charge in [0.15, 0.2) is 5.96 Å². The normalized spacial score (nSPS) is 19.6. The molecule has 1 aromatic carbocycles. The van der Waals surface area contributed by atoms with Crippen LogP contribution in [0.4, 0.5) is 4.39 Å². The van der Waals surface area contributed by atoms with Gasteiger partial charge in [-0.15, -0.1) is 0 Å². The molecule has 0 bridgehead atoms. The maximum Gasteiger partial charge on any atom is 0.191 e. The van der Waals surface area contributed by atoms with Gasteiger partial charge < -0.3 is 15.5 Å². The fourth-order valence-electron chi connectivity index (χ4n) is 2.99. The summed E-state index contributed by atoms with van der Waals surface area (Å²) in [5.41, 5.74) is 0.886. The van der Waals surface area contributed by atoms with Crippen LogP contribution in [0.15, 0.2) is 29.3 Å². The third-order valence-corrected chi connectivity index (χ3v) is 4.26. The highest BCUT2D eigenvalue weighted by Gasteiger charge is 2.18. The second-order valence-corrected chi connectivity index (χ2v) is 6.11. The Labute approximate surface area is 139 Å². The average Bonchev–Trinajstić information content (AvgIpc) is 2.57. The van der Waals surface area contributed by atoms with Crippen molar-refractivity contribution in [2.75, 3.05) is 32.7 Å². The number of guanidine groups is 1. The quantitative estimate of drug-likeness (QED) is 0.625. The first kappa shape index (κ1) is 17.7. The molecule has 1 aliphatic heterocycles. The van der Waals surface area contributed by atoms with Crippen molar-refractivity contribution in [2.24, 2.45) is 10.9 Å². The largest absolute Gasteiger partial charge is 0.357 e. The lowest BCUT2D eigenvalue weighted by Gasteiger charge is -2.32. The summed E-state index contributed by atoms with van der Waals surface area (Å²) in [5, 5.41) is 6.70. The number of rotatable bonds is 6. The minimum Gasteiger partial charge on any atom is -0.357 e. The summed E-state index contributed by atoms with van der Waals surface area (Å²) in [6.45, 7) is 10.0. The summed E-state index contributed by atoms with van der Waals surface area (Å²) >= 11 is 0. The van der Waals surface area contributed by atoms with Crippen LogP contribution in [0.25, 0.3) is 0 Å². The number of hydrogen-bond acceptors (Lipinski definition) is 2. The van der Waals surface area contributed by atoms with Crippen LogP contribution in [0.5, 0.6) is 0 Å². The van der Waals surface area contributed by atoms with Crippen molar-refractivity contribution in [2.45, 2.75) is 33.2 Å². The van der Waals surface area contributed by atoms with Crippen molar-refractivity contribution < 1.29 is 4.39 Å². The van der Waals surface area contributed by atoms with Gasteiger partial charge in [0.05, 0.1) is 6.54 Å². The van der Waals surface area contributed by atoms with E-state index >= 15 is 0 Å². The monoisotopic (exact) mass is 320 g/mol. The van der Waals surface area contributed by atoms with Crippen molar-refractivity contribution in [3.05, 3.63) is 35.6 Å². The molecule has 0 saturated carbocycles. The zero-order valence-electron chi connectivity index (χ0n) is 14.3. The van der Waals surface area contributed by atoms with Crippen molar-refractivity contribution in [1.82, 2.24) is 15.5 Å². The summed E-state index contributed by atoms with van der Waals surface area (Å²) in [5.74, 6) is 1.27. The van der Waals surface area contributed by atoms with Crippen LogP contribution in [0.1, 0.15) is 32.3 Å². The summed E-state index contributed by atoms with van der Waals surface area (Å²) in [6.07, 6.45) is 2.55. The van der Waals surface area contributed by atoms with Gasteiger partial charge in [-0.1, -0.05) is 19.1 Å². The molecule has 0 aromatic heterocycles. The molecule has 1 unspecified atom stereocenters. The molecule has 2 rings (SSSR count). The molecule has 1 saturated heterocycles. The summed E-state index contributed by atoms with van der Waals surface area (Å²) in [4.78, 5) is 7.07. The molecule has 1 atom stereocenters. The number of nitrogens with zero attached hydrogens (tertiary/aromatic N) is 2. The molecule has 2 N–H and O–H groups in total. The lowest BCUT2D eigenvalue weighted by Crippen LogP contribution is -2.44. The number of likely N-dealkylation sites (tertiary alicyclic amines) is 1. The van der Waals surface area contributed by atoms with Gasteiger partial charge in [-0.3, -0.25) is 0 Å². The summed E-state index contributed by atoms with van der Waals surface area (Å²) in [7, 11) is 0. The predicted octanol–water partition coefficient (Wildman–Crippen LogP) is 2.61. The molecule has 5 heteroatoms. The second-order valence-electron chi connectivity index (χ2n) is 6.11. The van der Waals surface area contributed by atoms with Crippen LogP contribution in [0.3, 0.4) is 0 Å². The molecule has 1 fully saturated rings. The van der Waals surface area contributed by atoms with E-state index in [1.165, 1.54) is 31.5 Å². The first-order chi connectivity index (χ1) is 11.2. The topological polar surface area (TPSA) is 39.7 Å². The first-order valence-electron chi connectivity index (χ1n) is 8.70. The maximum atomic E-state index is 13.2. The summed E-state index contributed by atoms with van der Waals surface area (Å²) in [6, 6.07) is 6.62. The minimum atomic E-state index is -0.211. The number of hydrogen-bond donors (Lipinski definition) is 2. The lowest BCUT2D eigenvalue weighted by atomic mass is 9.98. The number of nitrogens with one attached hydrogen (secondary N) is 2. The number of benzene rings is 1. The van der Waals surface area contributed by atoms with Gasteiger partial charge in [-0.05, 0) is 56.5 Å². The Morgan fingerprint density at radius 3 is 2.96 bits per heavy atom. The van der Waals surface area contributed by atoms with E-state index in [0.29, 0.717) is 12.5 Å².